The number of carbonyl (C=O) groups excluding carboxylic acids is 1. The summed E-state index contributed by atoms with van der Waals surface area (Å²) in [7, 11) is 0. The lowest BCUT2D eigenvalue weighted by Crippen LogP contribution is -2.51. The van der Waals surface area contributed by atoms with E-state index in [4.69, 9.17) is 0 Å². The molecule has 0 saturated carbocycles. The molecule has 0 bridgehead atoms. The number of aliphatic carboxylic acids is 1. The number of aromatic nitrogens is 1. The van der Waals surface area contributed by atoms with Gasteiger partial charge in [-0.05, 0) is 24.6 Å². The summed E-state index contributed by atoms with van der Waals surface area (Å²) < 4.78 is 0.893. The van der Waals surface area contributed by atoms with Crippen LogP contribution in [0.4, 0.5) is 0 Å². The quantitative estimate of drug-likeness (QED) is 0.874. The normalized spacial score (nSPS) is 22.4. The Hall–Kier alpha value is -1.99. The molecule has 1 saturated heterocycles. The molecular weight excluding hydrogens is 292 g/mol. The van der Waals surface area contributed by atoms with Crippen molar-refractivity contribution < 1.29 is 19.8 Å². The van der Waals surface area contributed by atoms with Crippen LogP contribution in [-0.2, 0) is 4.79 Å². The van der Waals surface area contributed by atoms with Gasteiger partial charge >= 0.3 is 5.97 Å². The summed E-state index contributed by atoms with van der Waals surface area (Å²) >= 11 is 1.43. The molecule has 7 heteroatoms. The molecule has 21 heavy (non-hydrogen) atoms. The van der Waals surface area contributed by atoms with Crippen LogP contribution in [0.1, 0.15) is 23.2 Å². The van der Waals surface area contributed by atoms with Crippen molar-refractivity contribution in [1.29, 1.82) is 0 Å². The Bertz CT molecular complexity index is 699. The lowest BCUT2D eigenvalue weighted by Gasteiger charge is -2.35. The maximum atomic E-state index is 12.6. The van der Waals surface area contributed by atoms with E-state index in [1.807, 2.05) is 0 Å². The van der Waals surface area contributed by atoms with Gasteiger partial charge in [0.25, 0.3) is 5.91 Å². The maximum Gasteiger partial charge on any atom is 0.326 e. The Balaban J connectivity index is 1.90. The van der Waals surface area contributed by atoms with Crippen LogP contribution in [0, 0.1) is 0 Å². The number of likely N-dealkylation sites (tertiary alicyclic amines) is 1. The van der Waals surface area contributed by atoms with Crippen LogP contribution < -0.4 is 0 Å². The summed E-state index contributed by atoms with van der Waals surface area (Å²) in [6.07, 6.45) is -0.193. The second kappa shape index (κ2) is 5.42. The van der Waals surface area contributed by atoms with E-state index in [2.05, 4.69) is 4.98 Å². The highest BCUT2D eigenvalue weighted by atomic mass is 32.1. The first-order valence-corrected chi connectivity index (χ1v) is 7.49. The minimum Gasteiger partial charge on any atom is -0.480 e. The SMILES string of the molecule is O=C(O)[C@@H]1C[C@H](O)CCN1C(=O)c1ccc2ncsc2c1. The fourth-order valence-electron chi connectivity index (χ4n) is 2.58. The van der Waals surface area contributed by atoms with E-state index in [9.17, 15) is 19.8 Å². The largest absolute Gasteiger partial charge is 0.480 e. The molecule has 1 aliphatic heterocycles. The molecule has 6 nitrogen and oxygen atoms in total. The molecule has 1 aromatic carbocycles. The number of hydrogen-bond acceptors (Lipinski definition) is 5. The molecule has 1 amide bonds. The molecule has 2 atom stereocenters. The molecule has 0 aliphatic carbocycles. The second-order valence-electron chi connectivity index (χ2n) is 5.07. The van der Waals surface area contributed by atoms with Crippen molar-refractivity contribution in [2.24, 2.45) is 0 Å². The first-order chi connectivity index (χ1) is 10.1. The van der Waals surface area contributed by atoms with E-state index < -0.39 is 18.1 Å². The molecule has 2 heterocycles. The van der Waals surface area contributed by atoms with E-state index in [1.54, 1.807) is 23.7 Å². The number of amides is 1. The van der Waals surface area contributed by atoms with Gasteiger partial charge in [-0.2, -0.15) is 0 Å². The van der Waals surface area contributed by atoms with Gasteiger partial charge in [0.05, 0.1) is 21.8 Å². The number of nitrogens with zero attached hydrogens (tertiary/aromatic N) is 2. The zero-order valence-corrected chi connectivity index (χ0v) is 11.9. The van der Waals surface area contributed by atoms with Crippen LogP contribution >= 0.6 is 11.3 Å². The Morgan fingerprint density at radius 2 is 2.19 bits per heavy atom. The monoisotopic (exact) mass is 306 g/mol. The average molecular weight is 306 g/mol. The highest BCUT2D eigenvalue weighted by Gasteiger charge is 2.36. The molecule has 3 rings (SSSR count). The Morgan fingerprint density at radius 1 is 1.38 bits per heavy atom. The van der Waals surface area contributed by atoms with Crippen molar-refractivity contribution in [3.63, 3.8) is 0 Å². The van der Waals surface area contributed by atoms with Gasteiger partial charge < -0.3 is 15.1 Å². The molecule has 1 aromatic heterocycles. The van der Waals surface area contributed by atoms with Gasteiger partial charge in [0.1, 0.15) is 6.04 Å². The number of hydrogen-bond donors (Lipinski definition) is 2. The lowest BCUT2D eigenvalue weighted by atomic mass is 9.98. The third-order valence-corrected chi connectivity index (χ3v) is 4.49. The molecule has 0 radical (unpaired) electrons. The highest BCUT2D eigenvalue weighted by molar-refractivity contribution is 7.16. The number of aliphatic hydroxyl groups excluding tert-OH is 1. The Kier molecular flexibility index (Phi) is 3.60. The van der Waals surface area contributed by atoms with Gasteiger partial charge in [0, 0.05) is 18.5 Å². The van der Waals surface area contributed by atoms with E-state index in [0.717, 1.165) is 10.2 Å². The molecular formula is C14H14N2O4S. The standard InChI is InChI=1S/C14H14N2O4S/c17-9-3-4-16(11(6-9)14(19)20)13(18)8-1-2-10-12(5-8)21-7-15-10/h1-2,5,7,9,11,17H,3-4,6H2,(H,19,20)/t9-,11+/m1/s1. The Labute approximate surface area is 124 Å². The van der Waals surface area contributed by atoms with Crippen molar-refractivity contribution in [1.82, 2.24) is 9.88 Å². The highest BCUT2D eigenvalue weighted by Crippen LogP contribution is 2.24. The number of carboxylic acid groups (broad SMARTS) is 1. The number of thiazole rings is 1. The van der Waals surface area contributed by atoms with Crippen LogP contribution in [0.5, 0.6) is 0 Å². The van der Waals surface area contributed by atoms with Gasteiger partial charge in [0.15, 0.2) is 0 Å². The van der Waals surface area contributed by atoms with Crippen LogP contribution in [0.2, 0.25) is 0 Å². The van der Waals surface area contributed by atoms with Crippen molar-refractivity contribution in [3.8, 4) is 0 Å². The third-order valence-electron chi connectivity index (χ3n) is 3.70. The first kappa shape index (κ1) is 14.0. The summed E-state index contributed by atoms with van der Waals surface area (Å²) in [5.41, 5.74) is 2.98. The van der Waals surface area contributed by atoms with Crippen LogP contribution in [0.25, 0.3) is 10.2 Å². The fraction of sp³-hybridized carbons (Fsp3) is 0.357. The summed E-state index contributed by atoms with van der Waals surface area (Å²) in [5, 5.41) is 18.9. The smallest absolute Gasteiger partial charge is 0.326 e. The number of benzene rings is 1. The van der Waals surface area contributed by atoms with Crippen molar-refractivity contribution in [2.45, 2.75) is 25.0 Å². The molecule has 2 N–H and O–H groups in total. The zero-order chi connectivity index (χ0) is 15.0. The Morgan fingerprint density at radius 3 is 2.95 bits per heavy atom. The van der Waals surface area contributed by atoms with E-state index in [0.29, 0.717) is 12.0 Å². The number of fused-ring (bicyclic) bond motifs is 1. The van der Waals surface area contributed by atoms with Gasteiger partial charge in [-0.15, -0.1) is 11.3 Å². The van der Waals surface area contributed by atoms with Gasteiger partial charge in [-0.1, -0.05) is 0 Å². The van der Waals surface area contributed by atoms with Crippen LogP contribution in [0.15, 0.2) is 23.7 Å². The van der Waals surface area contributed by atoms with Crippen molar-refractivity contribution in [2.75, 3.05) is 6.54 Å². The van der Waals surface area contributed by atoms with Gasteiger partial charge in [-0.25, -0.2) is 9.78 Å². The number of aliphatic hydroxyl groups is 1. The van der Waals surface area contributed by atoms with Crippen molar-refractivity contribution in [3.05, 3.63) is 29.3 Å². The fourth-order valence-corrected chi connectivity index (χ4v) is 3.29. The lowest BCUT2D eigenvalue weighted by molar-refractivity contribution is -0.145. The average Bonchev–Trinajstić information content (AvgIpc) is 2.93. The van der Waals surface area contributed by atoms with E-state index >= 15 is 0 Å². The van der Waals surface area contributed by atoms with Crippen LogP contribution in [0.3, 0.4) is 0 Å². The first-order valence-electron chi connectivity index (χ1n) is 6.61. The van der Waals surface area contributed by atoms with E-state index in [-0.39, 0.29) is 18.9 Å². The molecule has 0 unspecified atom stereocenters. The summed E-state index contributed by atoms with van der Waals surface area (Å²) in [4.78, 5) is 29.3. The number of rotatable bonds is 2. The molecule has 0 spiro atoms. The summed E-state index contributed by atoms with van der Waals surface area (Å²) in [6, 6.07) is 4.18. The maximum absolute atomic E-state index is 12.6. The molecule has 1 fully saturated rings. The molecule has 1 aliphatic rings. The van der Waals surface area contributed by atoms with Crippen molar-refractivity contribution >= 4 is 33.4 Å². The number of piperidine rings is 1. The van der Waals surface area contributed by atoms with Crippen LogP contribution in [-0.4, -0.2) is 50.7 Å². The predicted molar refractivity (Wildman–Crippen MR) is 77.3 cm³/mol. The summed E-state index contributed by atoms with van der Waals surface area (Å²) in [6.45, 7) is 0.248. The minimum absolute atomic E-state index is 0.0733. The minimum atomic E-state index is -1.08. The second-order valence-corrected chi connectivity index (χ2v) is 5.95. The third kappa shape index (κ3) is 2.62. The molecule has 110 valence electrons. The van der Waals surface area contributed by atoms with Gasteiger partial charge in [0.2, 0.25) is 0 Å². The van der Waals surface area contributed by atoms with E-state index in [1.165, 1.54) is 16.2 Å². The summed E-state index contributed by atoms with van der Waals surface area (Å²) in [5.74, 6) is -1.40. The predicted octanol–water partition coefficient (Wildman–Crippen LogP) is 1.35. The zero-order valence-electron chi connectivity index (χ0n) is 11.1. The molecule has 2 aromatic rings. The topological polar surface area (TPSA) is 90.7 Å². The number of carboxylic acids is 1. The number of carbonyl (C=O) groups is 2. The van der Waals surface area contributed by atoms with Gasteiger partial charge in [-0.3, -0.25) is 4.79 Å².